The lowest BCUT2D eigenvalue weighted by molar-refractivity contribution is -0.308. The van der Waals surface area contributed by atoms with Gasteiger partial charge in [0.2, 0.25) is 0 Å². The van der Waals surface area contributed by atoms with Crippen molar-refractivity contribution in [2.75, 3.05) is 6.61 Å². The van der Waals surface area contributed by atoms with Gasteiger partial charge in [0, 0.05) is 17.9 Å². The van der Waals surface area contributed by atoms with Gasteiger partial charge in [-0.2, -0.15) is 0 Å². The molecular weight excluding hydrogens is 380 g/mol. The van der Waals surface area contributed by atoms with Gasteiger partial charge in [0.25, 0.3) is 0 Å². The van der Waals surface area contributed by atoms with E-state index in [4.69, 9.17) is 14.2 Å². The second-order valence-electron chi connectivity index (χ2n) is 8.52. The Bertz CT molecular complexity index is 730. The molecule has 29 heavy (non-hydrogen) atoms. The number of carbonyl (C=O) groups is 1. The summed E-state index contributed by atoms with van der Waals surface area (Å²) in [6, 6.07) is 0. The maximum Gasteiger partial charge on any atom is 0.334 e. The summed E-state index contributed by atoms with van der Waals surface area (Å²) < 4.78 is 16.9. The summed E-state index contributed by atoms with van der Waals surface area (Å²) in [7, 11) is 0. The Balaban J connectivity index is 1.49. The lowest BCUT2D eigenvalue weighted by atomic mass is 9.83. The molecule has 4 fully saturated rings. The Kier molecular flexibility index (Phi) is 5.43. The minimum absolute atomic E-state index is 0.0265. The Morgan fingerprint density at radius 1 is 1.00 bits per heavy atom. The van der Waals surface area contributed by atoms with Gasteiger partial charge in [0.1, 0.15) is 30.5 Å². The van der Waals surface area contributed by atoms with Gasteiger partial charge in [-0.1, -0.05) is 25.3 Å². The van der Waals surface area contributed by atoms with Crippen molar-refractivity contribution < 1.29 is 39.4 Å². The average molecular weight is 408 g/mol. The first kappa shape index (κ1) is 20.7. The molecule has 0 spiro atoms. The van der Waals surface area contributed by atoms with Crippen LogP contribution in [0, 0.1) is 17.8 Å². The summed E-state index contributed by atoms with van der Waals surface area (Å²) in [5, 5.41) is 39.5. The zero-order valence-corrected chi connectivity index (χ0v) is 16.1. The van der Waals surface area contributed by atoms with E-state index in [1.165, 1.54) is 0 Å². The van der Waals surface area contributed by atoms with Crippen LogP contribution in [0.3, 0.4) is 0 Å². The average Bonchev–Trinajstić information content (AvgIpc) is 3.08. The van der Waals surface area contributed by atoms with Crippen LogP contribution in [0.15, 0.2) is 36.5 Å². The molecule has 0 radical (unpaired) electrons. The standard InChI is InChI=1S/C21H28O8/c1-8-4-15-13(10(3)20(26)27-15)5-12-9(2)14(6-11(8)12)28-21-19(25)18(24)17(23)16(7-22)29-21/h11-19,21-25H,1-7H2. The fourth-order valence-electron chi connectivity index (χ4n) is 5.13. The summed E-state index contributed by atoms with van der Waals surface area (Å²) in [5.74, 6) is -0.325. The van der Waals surface area contributed by atoms with Gasteiger partial charge < -0.3 is 34.6 Å². The zero-order chi connectivity index (χ0) is 21.0. The van der Waals surface area contributed by atoms with Crippen LogP contribution in [0.1, 0.15) is 19.3 Å². The molecule has 0 bridgehead atoms. The summed E-state index contributed by atoms with van der Waals surface area (Å²) in [6.45, 7) is 11.8. The highest BCUT2D eigenvalue weighted by Gasteiger charge is 2.51. The maximum atomic E-state index is 11.9. The molecule has 4 aliphatic rings. The van der Waals surface area contributed by atoms with Crippen molar-refractivity contribution in [1.82, 2.24) is 0 Å². The Morgan fingerprint density at radius 2 is 1.72 bits per heavy atom. The quantitative estimate of drug-likeness (QED) is 0.288. The molecule has 4 rings (SSSR count). The number of aliphatic hydroxyl groups excluding tert-OH is 4. The van der Waals surface area contributed by atoms with Crippen molar-refractivity contribution in [2.45, 2.75) is 62.2 Å². The molecule has 0 aromatic rings. The fourth-order valence-corrected chi connectivity index (χ4v) is 5.13. The second-order valence-corrected chi connectivity index (χ2v) is 8.52. The molecule has 2 saturated carbocycles. The van der Waals surface area contributed by atoms with Crippen molar-refractivity contribution in [3.63, 3.8) is 0 Å². The predicted molar refractivity (Wildman–Crippen MR) is 100 cm³/mol. The van der Waals surface area contributed by atoms with Crippen molar-refractivity contribution in [1.29, 1.82) is 0 Å². The first-order chi connectivity index (χ1) is 13.7. The summed E-state index contributed by atoms with van der Waals surface area (Å²) >= 11 is 0. The first-order valence-corrected chi connectivity index (χ1v) is 9.95. The van der Waals surface area contributed by atoms with E-state index in [0.29, 0.717) is 24.8 Å². The molecule has 2 heterocycles. The number of aliphatic hydroxyl groups is 4. The molecule has 2 aliphatic carbocycles. The topological polar surface area (TPSA) is 126 Å². The molecule has 4 N–H and O–H groups in total. The van der Waals surface area contributed by atoms with Gasteiger partial charge >= 0.3 is 5.97 Å². The van der Waals surface area contributed by atoms with Crippen LogP contribution in [-0.2, 0) is 19.0 Å². The molecule has 0 amide bonds. The van der Waals surface area contributed by atoms with Crippen molar-refractivity contribution in [2.24, 2.45) is 17.8 Å². The third kappa shape index (κ3) is 3.37. The molecular formula is C21H28O8. The van der Waals surface area contributed by atoms with Crippen LogP contribution in [0.4, 0.5) is 0 Å². The van der Waals surface area contributed by atoms with E-state index in [2.05, 4.69) is 19.7 Å². The van der Waals surface area contributed by atoms with Gasteiger partial charge in [-0.15, -0.1) is 0 Å². The van der Waals surface area contributed by atoms with Crippen LogP contribution in [-0.4, -0.2) is 75.9 Å². The smallest absolute Gasteiger partial charge is 0.334 e. The van der Waals surface area contributed by atoms with E-state index in [1.54, 1.807) is 0 Å². The zero-order valence-electron chi connectivity index (χ0n) is 16.1. The fraction of sp³-hybridized carbons (Fsp3) is 0.667. The minimum atomic E-state index is -1.49. The Morgan fingerprint density at radius 3 is 2.41 bits per heavy atom. The molecule has 10 unspecified atom stereocenters. The number of ether oxygens (including phenoxy) is 3. The van der Waals surface area contributed by atoms with Gasteiger partial charge in [0.15, 0.2) is 6.29 Å². The van der Waals surface area contributed by atoms with Crippen molar-refractivity contribution in [3.05, 3.63) is 36.5 Å². The van der Waals surface area contributed by atoms with Crippen LogP contribution >= 0.6 is 0 Å². The Labute approximate surface area is 169 Å². The van der Waals surface area contributed by atoms with Crippen molar-refractivity contribution >= 4 is 5.97 Å². The minimum Gasteiger partial charge on any atom is -0.458 e. The summed E-state index contributed by atoms with van der Waals surface area (Å²) in [5.41, 5.74) is 2.25. The maximum absolute atomic E-state index is 11.9. The van der Waals surface area contributed by atoms with E-state index >= 15 is 0 Å². The monoisotopic (exact) mass is 408 g/mol. The van der Waals surface area contributed by atoms with Crippen LogP contribution in [0.25, 0.3) is 0 Å². The summed E-state index contributed by atoms with van der Waals surface area (Å²) in [4.78, 5) is 11.9. The van der Waals surface area contributed by atoms with Gasteiger partial charge in [-0.25, -0.2) is 4.79 Å². The number of hydrogen-bond donors (Lipinski definition) is 4. The van der Waals surface area contributed by atoms with Crippen LogP contribution in [0.2, 0.25) is 0 Å². The van der Waals surface area contributed by atoms with E-state index in [-0.39, 0.29) is 29.8 Å². The molecule has 8 nitrogen and oxygen atoms in total. The number of rotatable bonds is 3. The molecule has 0 aromatic heterocycles. The SMILES string of the molecule is C=C1C(=O)OC2CC(=C)C3CC(OC4OC(CO)C(O)C(O)C4O)C(=C)C3CC12. The lowest BCUT2D eigenvalue weighted by Gasteiger charge is -2.40. The molecule has 2 saturated heterocycles. The number of fused-ring (bicyclic) bond motifs is 2. The molecule has 8 heteroatoms. The third-order valence-corrected chi connectivity index (χ3v) is 6.90. The Hall–Kier alpha value is -1.55. The highest BCUT2D eigenvalue weighted by Crippen LogP contribution is 2.52. The van der Waals surface area contributed by atoms with Gasteiger partial charge in [-0.05, 0) is 30.3 Å². The number of carbonyl (C=O) groups excluding carboxylic acids is 1. The predicted octanol–water partition coefficient (Wildman–Crippen LogP) is -0.188. The molecule has 0 aromatic carbocycles. The van der Waals surface area contributed by atoms with E-state index in [0.717, 1.165) is 11.1 Å². The van der Waals surface area contributed by atoms with Crippen molar-refractivity contribution in [3.8, 4) is 0 Å². The normalized spacial score (nSPS) is 47.6. The van der Waals surface area contributed by atoms with E-state index in [1.807, 2.05) is 0 Å². The van der Waals surface area contributed by atoms with Gasteiger partial charge in [-0.3, -0.25) is 0 Å². The molecule has 10 atom stereocenters. The summed E-state index contributed by atoms with van der Waals surface area (Å²) in [6.07, 6.45) is -5.50. The highest BCUT2D eigenvalue weighted by molar-refractivity contribution is 5.90. The van der Waals surface area contributed by atoms with E-state index in [9.17, 15) is 25.2 Å². The van der Waals surface area contributed by atoms with E-state index < -0.39 is 43.4 Å². The largest absolute Gasteiger partial charge is 0.458 e. The first-order valence-electron chi connectivity index (χ1n) is 9.95. The molecule has 160 valence electrons. The lowest BCUT2D eigenvalue weighted by Crippen LogP contribution is -2.59. The van der Waals surface area contributed by atoms with Gasteiger partial charge in [0.05, 0.1) is 12.7 Å². The third-order valence-electron chi connectivity index (χ3n) is 6.90. The van der Waals surface area contributed by atoms with Crippen LogP contribution in [0.5, 0.6) is 0 Å². The number of hydrogen-bond acceptors (Lipinski definition) is 8. The highest BCUT2D eigenvalue weighted by atomic mass is 16.7. The second kappa shape index (κ2) is 7.61. The molecule has 2 aliphatic heterocycles. The van der Waals surface area contributed by atoms with Crippen LogP contribution < -0.4 is 0 Å². The number of esters is 1.